The van der Waals surface area contributed by atoms with E-state index in [0.29, 0.717) is 28.9 Å². The summed E-state index contributed by atoms with van der Waals surface area (Å²) >= 11 is 3.36. The van der Waals surface area contributed by atoms with Crippen LogP contribution >= 0.6 is 15.9 Å². The molecule has 0 saturated carbocycles. The van der Waals surface area contributed by atoms with Crippen LogP contribution in [0, 0.1) is 0 Å². The number of methoxy groups -OCH3 is 1. The van der Waals surface area contributed by atoms with Crippen molar-refractivity contribution in [3.63, 3.8) is 0 Å². The Kier molecular flexibility index (Phi) is 5.79. The number of benzene rings is 1. The fourth-order valence-corrected chi connectivity index (χ4v) is 2.71. The number of ether oxygens (including phenoxy) is 1. The number of piperazine rings is 1. The number of nitrogens with zero attached hydrogens (tertiary/aromatic N) is 2. The fourth-order valence-electron chi connectivity index (χ4n) is 2.29. The van der Waals surface area contributed by atoms with Crippen LogP contribution in [0.25, 0.3) is 0 Å². The van der Waals surface area contributed by atoms with Gasteiger partial charge in [-0.1, -0.05) is 0 Å². The van der Waals surface area contributed by atoms with Gasteiger partial charge in [-0.15, -0.1) is 0 Å². The summed E-state index contributed by atoms with van der Waals surface area (Å²) in [6, 6.07) is 5.20. The molecule has 0 aliphatic carbocycles. The molecule has 1 saturated heterocycles. The normalized spacial score (nSPS) is 14.6. The van der Waals surface area contributed by atoms with Crippen molar-refractivity contribution in [2.24, 2.45) is 0 Å². The van der Waals surface area contributed by atoms with Crippen LogP contribution in [0.5, 0.6) is 5.75 Å². The highest BCUT2D eigenvalue weighted by atomic mass is 79.9. The zero-order chi connectivity index (χ0) is 16.1. The summed E-state index contributed by atoms with van der Waals surface area (Å²) in [5, 5.41) is 3.20. The van der Waals surface area contributed by atoms with Crippen LogP contribution in [0.1, 0.15) is 10.4 Å². The summed E-state index contributed by atoms with van der Waals surface area (Å²) < 4.78 is 5.82. The zero-order valence-corrected chi connectivity index (χ0v) is 14.4. The van der Waals surface area contributed by atoms with Crippen LogP contribution in [0.2, 0.25) is 0 Å². The maximum Gasteiger partial charge on any atom is 0.255 e. The van der Waals surface area contributed by atoms with E-state index in [9.17, 15) is 9.59 Å². The van der Waals surface area contributed by atoms with Gasteiger partial charge in [-0.05, 0) is 34.1 Å². The van der Waals surface area contributed by atoms with E-state index in [1.807, 2.05) is 0 Å². The molecule has 1 heterocycles. The Hall–Kier alpha value is -1.60. The first-order chi connectivity index (χ1) is 10.5. The third-order valence-corrected chi connectivity index (χ3v) is 4.28. The summed E-state index contributed by atoms with van der Waals surface area (Å²) in [6.45, 7) is 3.03. The van der Waals surface area contributed by atoms with Gasteiger partial charge in [0.05, 0.1) is 19.2 Å². The topological polar surface area (TPSA) is 61.9 Å². The van der Waals surface area contributed by atoms with Crippen molar-refractivity contribution in [1.29, 1.82) is 0 Å². The number of hydrogen-bond acceptors (Lipinski definition) is 4. The molecule has 1 fully saturated rings. The number of carbonyl (C=O) groups excluding carboxylic acids is 2. The van der Waals surface area contributed by atoms with Gasteiger partial charge >= 0.3 is 0 Å². The molecule has 120 valence electrons. The first-order valence-electron chi connectivity index (χ1n) is 7.10. The van der Waals surface area contributed by atoms with E-state index in [1.165, 1.54) is 4.90 Å². The lowest BCUT2D eigenvalue weighted by atomic mass is 10.2. The molecule has 0 radical (unpaired) electrons. The van der Waals surface area contributed by atoms with Gasteiger partial charge in [0.2, 0.25) is 5.91 Å². The van der Waals surface area contributed by atoms with E-state index in [-0.39, 0.29) is 18.4 Å². The smallest absolute Gasteiger partial charge is 0.255 e. The van der Waals surface area contributed by atoms with Gasteiger partial charge in [-0.2, -0.15) is 0 Å². The Balaban J connectivity index is 2.04. The molecule has 0 atom stereocenters. The van der Waals surface area contributed by atoms with Gasteiger partial charge in [0.15, 0.2) is 0 Å². The summed E-state index contributed by atoms with van der Waals surface area (Å²) in [5.74, 6) is 0.360. The fraction of sp³-hybridized carbons (Fsp3) is 0.467. The quantitative estimate of drug-likeness (QED) is 0.858. The van der Waals surface area contributed by atoms with Crippen molar-refractivity contribution in [2.75, 3.05) is 46.9 Å². The molecule has 1 aliphatic heterocycles. The van der Waals surface area contributed by atoms with E-state index >= 15 is 0 Å². The average molecular weight is 370 g/mol. The largest absolute Gasteiger partial charge is 0.497 e. The molecule has 0 bridgehead atoms. The van der Waals surface area contributed by atoms with Gasteiger partial charge in [0.25, 0.3) is 5.91 Å². The monoisotopic (exact) mass is 369 g/mol. The molecule has 1 aliphatic rings. The predicted octanol–water partition coefficient (Wildman–Crippen LogP) is 0.962. The Labute approximate surface area is 138 Å². The van der Waals surface area contributed by atoms with Crippen molar-refractivity contribution < 1.29 is 14.3 Å². The molecule has 1 N–H and O–H groups in total. The second-order valence-electron chi connectivity index (χ2n) is 5.14. The Morgan fingerprint density at radius 3 is 2.68 bits per heavy atom. The summed E-state index contributed by atoms with van der Waals surface area (Å²) in [4.78, 5) is 27.9. The predicted molar refractivity (Wildman–Crippen MR) is 87.1 cm³/mol. The molecular formula is C15H20BrN3O3. The van der Waals surface area contributed by atoms with Crippen LogP contribution in [-0.4, -0.2) is 68.5 Å². The number of carbonyl (C=O) groups is 2. The van der Waals surface area contributed by atoms with Gasteiger partial charge in [0, 0.05) is 37.7 Å². The second-order valence-corrected chi connectivity index (χ2v) is 5.99. The first kappa shape index (κ1) is 16.8. The highest BCUT2D eigenvalue weighted by molar-refractivity contribution is 9.10. The number of hydrogen-bond donors (Lipinski definition) is 1. The molecule has 22 heavy (non-hydrogen) atoms. The first-order valence-corrected chi connectivity index (χ1v) is 7.89. The minimum Gasteiger partial charge on any atom is -0.497 e. The SMILES string of the molecule is COc1ccc(Br)c(C(=O)N(C)CC(=O)N2CCNCC2)c1. The molecule has 1 aromatic carbocycles. The molecule has 6 nitrogen and oxygen atoms in total. The third-order valence-electron chi connectivity index (χ3n) is 3.59. The molecule has 2 rings (SSSR count). The molecule has 7 heteroatoms. The van der Waals surface area contributed by atoms with E-state index in [0.717, 1.165) is 13.1 Å². The van der Waals surface area contributed by atoms with Crippen molar-refractivity contribution in [1.82, 2.24) is 15.1 Å². The molecule has 0 aromatic heterocycles. The standard InChI is InChI=1S/C15H20BrN3O3/c1-18(10-14(20)19-7-5-17-6-8-19)15(21)12-9-11(22-2)3-4-13(12)16/h3-4,9,17H,5-8,10H2,1-2H3. The van der Waals surface area contributed by atoms with Crippen LogP contribution in [0.15, 0.2) is 22.7 Å². The van der Waals surface area contributed by atoms with Crippen molar-refractivity contribution in [3.05, 3.63) is 28.2 Å². The second kappa shape index (κ2) is 7.60. The molecule has 0 spiro atoms. The molecular weight excluding hydrogens is 350 g/mol. The lowest BCUT2D eigenvalue weighted by Crippen LogP contribution is -2.49. The van der Waals surface area contributed by atoms with Crippen LogP contribution in [-0.2, 0) is 4.79 Å². The van der Waals surface area contributed by atoms with E-state index in [4.69, 9.17) is 4.74 Å². The van der Waals surface area contributed by atoms with Crippen LogP contribution in [0.4, 0.5) is 0 Å². The highest BCUT2D eigenvalue weighted by Crippen LogP contribution is 2.23. The van der Waals surface area contributed by atoms with Gasteiger partial charge < -0.3 is 19.9 Å². The van der Waals surface area contributed by atoms with Gasteiger partial charge in [-0.25, -0.2) is 0 Å². The lowest BCUT2D eigenvalue weighted by Gasteiger charge is -2.29. The summed E-state index contributed by atoms with van der Waals surface area (Å²) in [6.07, 6.45) is 0. The number of amides is 2. The Morgan fingerprint density at radius 1 is 1.36 bits per heavy atom. The lowest BCUT2D eigenvalue weighted by molar-refractivity contribution is -0.132. The van der Waals surface area contributed by atoms with Crippen LogP contribution < -0.4 is 10.1 Å². The number of nitrogens with one attached hydrogen (secondary N) is 1. The minimum atomic E-state index is -0.214. The zero-order valence-electron chi connectivity index (χ0n) is 12.8. The van der Waals surface area contributed by atoms with Gasteiger partial charge in [0.1, 0.15) is 5.75 Å². The van der Waals surface area contributed by atoms with Crippen molar-refractivity contribution in [3.8, 4) is 5.75 Å². The maximum absolute atomic E-state index is 12.5. The maximum atomic E-state index is 12.5. The number of rotatable bonds is 4. The van der Waals surface area contributed by atoms with Crippen LogP contribution in [0.3, 0.4) is 0 Å². The Bertz CT molecular complexity index is 559. The highest BCUT2D eigenvalue weighted by Gasteiger charge is 2.22. The number of halogens is 1. The van der Waals surface area contributed by atoms with Crippen molar-refractivity contribution >= 4 is 27.7 Å². The average Bonchev–Trinajstić information content (AvgIpc) is 2.55. The van der Waals surface area contributed by atoms with E-state index in [1.54, 1.807) is 37.3 Å². The van der Waals surface area contributed by atoms with Gasteiger partial charge in [-0.3, -0.25) is 9.59 Å². The third kappa shape index (κ3) is 3.98. The summed E-state index contributed by atoms with van der Waals surface area (Å²) in [5.41, 5.74) is 0.481. The molecule has 2 amide bonds. The Morgan fingerprint density at radius 2 is 2.05 bits per heavy atom. The van der Waals surface area contributed by atoms with Crippen molar-refractivity contribution in [2.45, 2.75) is 0 Å². The summed E-state index contributed by atoms with van der Waals surface area (Å²) in [7, 11) is 3.18. The van der Waals surface area contributed by atoms with E-state index < -0.39 is 0 Å². The molecule has 0 unspecified atom stereocenters. The molecule has 1 aromatic rings. The van der Waals surface area contributed by atoms with E-state index in [2.05, 4.69) is 21.2 Å². The number of likely N-dealkylation sites (N-methyl/N-ethyl adjacent to an activating group) is 1. The minimum absolute atomic E-state index is 0.0311.